The number of carboxylic acid groups (broad SMARTS) is 2. The number of para-hydroxylation sites is 1. The Kier molecular flexibility index (Phi) is 5.72. The minimum absolute atomic E-state index is 0. The van der Waals surface area contributed by atoms with Gasteiger partial charge in [0.25, 0.3) is 0 Å². The van der Waals surface area contributed by atoms with Crippen LogP contribution in [-0.2, 0) is 14.4 Å². The number of carboxylic acids is 2. The fraction of sp³-hybridized carbons (Fsp3) is 0.308. The average molecular weight is 330 g/mol. The third kappa shape index (κ3) is 3.86. The van der Waals surface area contributed by atoms with Gasteiger partial charge in [0.15, 0.2) is 0 Å². The van der Waals surface area contributed by atoms with Crippen LogP contribution in [-0.4, -0.2) is 40.1 Å². The number of benzene rings is 1. The van der Waals surface area contributed by atoms with E-state index < -0.39 is 35.8 Å². The Bertz CT molecular complexity index is 568. The van der Waals surface area contributed by atoms with Gasteiger partial charge >= 0.3 is 11.9 Å². The van der Waals surface area contributed by atoms with Gasteiger partial charge in [0.1, 0.15) is 5.54 Å². The monoisotopic (exact) mass is 329 g/mol. The van der Waals surface area contributed by atoms with Gasteiger partial charge in [-0.15, -0.1) is 12.4 Å². The van der Waals surface area contributed by atoms with Crippen LogP contribution in [0.2, 0.25) is 0 Å². The predicted molar refractivity (Wildman–Crippen MR) is 79.6 cm³/mol. The van der Waals surface area contributed by atoms with Gasteiger partial charge in [-0.05, 0) is 18.6 Å². The van der Waals surface area contributed by atoms with Crippen molar-refractivity contribution in [1.82, 2.24) is 10.7 Å². The smallest absolute Gasteiger partial charge is 0.324 e. The van der Waals surface area contributed by atoms with Crippen molar-refractivity contribution in [2.75, 3.05) is 12.0 Å². The lowest BCUT2D eigenvalue weighted by molar-refractivity contribution is -0.143. The maximum Gasteiger partial charge on any atom is 0.324 e. The van der Waals surface area contributed by atoms with Gasteiger partial charge in [0.2, 0.25) is 5.91 Å². The Labute approximate surface area is 132 Å². The van der Waals surface area contributed by atoms with Crippen LogP contribution in [0.25, 0.3) is 0 Å². The van der Waals surface area contributed by atoms with E-state index in [-0.39, 0.29) is 18.8 Å². The number of rotatable bonds is 7. The molecule has 0 bridgehead atoms. The molecule has 1 amide bonds. The molecule has 1 aliphatic carbocycles. The van der Waals surface area contributed by atoms with Crippen LogP contribution in [0.15, 0.2) is 30.3 Å². The molecule has 9 heteroatoms. The number of aliphatic carboxylic acids is 2. The molecule has 120 valence electrons. The second-order valence-electron chi connectivity index (χ2n) is 4.76. The van der Waals surface area contributed by atoms with Gasteiger partial charge in [-0.3, -0.25) is 30.6 Å². The van der Waals surface area contributed by atoms with E-state index in [1.54, 1.807) is 24.3 Å². The molecule has 0 saturated heterocycles. The summed E-state index contributed by atoms with van der Waals surface area (Å²) in [5.74, 6) is -3.72. The summed E-state index contributed by atoms with van der Waals surface area (Å²) in [4.78, 5) is 33.7. The maximum atomic E-state index is 11.9. The highest BCUT2D eigenvalue weighted by Gasteiger charge is 2.64. The van der Waals surface area contributed by atoms with Crippen molar-refractivity contribution in [3.05, 3.63) is 30.3 Å². The number of hydrazine groups is 1. The molecule has 0 aromatic heterocycles. The minimum atomic E-state index is -1.50. The summed E-state index contributed by atoms with van der Waals surface area (Å²) < 4.78 is 0. The first-order valence-electron chi connectivity index (χ1n) is 6.27. The lowest BCUT2D eigenvalue weighted by atomic mass is 10.2. The Morgan fingerprint density at radius 1 is 1.18 bits per heavy atom. The zero-order valence-corrected chi connectivity index (χ0v) is 12.2. The molecule has 0 heterocycles. The van der Waals surface area contributed by atoms with E-state index in [1.807, 2.05) is 6.07 Å². The van der Waals surface area contributed by atoms with Gasteiger partial charge in [0.05, 0.1) is 18.2 Å². The van der Waals surface area contributed by atoms with Gasteiger partial charge in [-0.1, -0.05) is 18.2 Å². The number of hydrogen-bond donors (Lipinski definition) is 5. The van der Waals surface area contributed by atoms with Crippen molar-refractivity contribution in [1.29, 1.82) is 0 Å². The van der Waals surface area contributed by atoms with E-state index in [0.717, 1.165) is 0 Å². The molecule has 2 unspecified atom stereocenters. The molecule has 8 nitrogen and oxygen atoms in total. The second-order valence-corrected chi connectivity index (χ2v) is 4.76. The number of carbonyl (C=O) groups is 3. The molecule has 1 saturated carbocycles. The second kappa shape index (κ2) is 7.10. The standard InChI is InChI=1S/C13H15N3O5.ClH/c17-10(18)7-14-13(12(20)21)6-9(13)11(19)16-15-8-4-2-1-3-5-8;/h1-5,9,14-15H,6-7H2,(H,16,19)(H,17,18)(H,20,21);1H. The van der Waals surface area contributed by atoms with Gasteiger partial charge < -0.3 is 10.2 Å². The van der Waals surface area contributed by atoms with Gasteiger partial charge in [-0.25, -0.2) is 0 Å². The Morgan fingerprint density at radius 3 is 2.36 bits per heavy atom. The summed E-state index contributed by atoms with van der Waals surface area (Å²) in [7, 11) is 0. The average Bonchev–Trinajstić information content (AvgIpc) is 3.20. The van der Waals surface area contributed by atoms with Crippen molar-refractivity contribution < 1.29 is 24.6 Å². The summed E-state index contributed by atoms with van der Waals surface area (Å²) in [6.07, 6.45) is 0.0535. The van der Waals surface area contributed by atoms with Crippen molar-refractivity contribution in [3.8, 4) is 0 Å². The minimum Gasteiger partial charge on any atom is -0.480 e. The Balaban J connectivity index is 0.00000242. The van der Waals surface area contributed by atoms with E-state index in [2.05, 4.69) is 16.2 Å². The summed E-state index contributed by atoms with van der Waals surface area (Å²) >= 11 is 0. The van der Waals surface area contributed by atoms with E-state index in [9.17, 15) is 14.4 Å². The third-order valence-corrected chi connectivity index (χ3v) is 3.32. The zero-order chi connectivity index (χ0) is 15.5. The molecule has 22 heavy (non-hydrogen) atoms. The highest BCUT2D eigenvalue weighted by molar-refractivity contribution is 5.96. The van der Waals surface area contributed by atoms with E-state index in [4.69, 9.17) is 10.2 Å². The first-order chi connectivity index (χ1) is 9.95. The number of anilines is 1. The fourth-order valence-electron chi connectivity index (χ4n) is 2.06. The van der Waals surface area contributed by atoms with E-state index >= 15 is 0 Å². The molecule has 0 spiro atoms. The molecular weight excluding hydrogens is 314 g/mol. The van der Waals surface area contributed by atoms with Gasteiger partial charge in [0, 0.05) is 0 Å². The van der Waals surface area contributed by atoms with Crippen molar-refractivity contribution in [3.63, 3.8) is 0 Å². The molecule has 1 aliphatic rings. The molecule has 2 rings (SSSR count). The number of amides is 1. The summed E-state index contributed by atoms with van der Waals surface area (Å²) in [6.45, 7) is -0.512. The maximum absolute atomic E-state index is 11.9. The van der Waals surface area contributed by atoms with Crippen LogP contribution in [0.4, 0.5) is 5.69 Å². The SMILES string of the molecule is Cl.O=C(O)CNC1(C(=O)O)CC1C(=O)NNc1ccccc1. The Morgan fingerprint density at radius 2 is 1.82 bits per heavy atom. The third-order valence-electron chi connectivity index (χ3n) is 3.32. The van der Waals surface area contributed by atoms with Gasteiger partial charge in [-0.2, -0.15) is 0 Å². The highest BCUT2D eigenvalue weighted by atomic mass is 35.5. The van der Waals surface area contributed by atoms with E-state index in [0.29, 0.717) is 5.69 Å². The van der Waals surface area contributed by atoms with Crippen LogP contribution < -0.4 is 16.2 Å². The highest BCUT2D eigenvalue weighted by Crippen LogP contribution is 2.43. The fourth-order valence-corrected chi connectivity index (χ4v) is 2.06. The van der Waals surface area contributed by atoms with Crippen LogP contribution >= 0.6 is 12.4 Å². The topological polar surface area (TPSA) is 128 Å². The number of halogens is 1. The van der Waals surface area contributed by atoms with Crippen LogP contribution in [0, 0.1) is 5.92 Å². The molecule has 0 radical (unpaired) electrons. The zero-order valence-electron chi connectivity index (χ0n) is 11.4. The Hall–Kier alpha value is -2.32. The predicted octanol–water partition coefficient (Wildman–Crippen LogP) is 0.0690. The first-order valence-corrected chi connectivity index (χ1v) is 6.27. The summed E-state index contributed by atoms with van der Waals surface area (Å²) in [6, 6.07) is 8.85. The normalized spacial score (nSPS) is 22.1. The van der Waals surface area contributed by atoms with Crippen molar-refractivity contribution in [2.45, 2.75) is 12.0 Å². The van der Waals surface area contributed by atoms with E-state index in [1.165, 1.54) is 0 Å². The largest absolute Gasteiger partial charge is 0.480 e. The first kappa shape index (κ1) is 17.7. The molecule has 1 aromatic rings. The molecule has 1 aromatic carbocycles. The quantitative estimate of drug-likeness (QED) is 0.448. The van der Waals surface area contributed by atoms with Crippen LogP contribution in [0.3, 0.4) is 0 Å². The van der Waals surface area contributed by atoms with Crippen molar-refractivity contribution in [2.24, 2.45) is 5.92 Å². The van der Waals surface area contributed by atoms with Crippen molar-refractivity contribution >= 4 is 35.9 Å². The lowest BCUT2D eigenvalue weighted by Gasteiger charge is -2.13. The molecule has 1 fully saturated rings. The molecule has 5 N–H and O–H groups in total. The number of nitrogens with one attached hydrogen (secondary N) is 3. The molecule has 2 atom stereocenters. The number of hydrogen-bond acceptors (Lipinski definition) is 5. The summed E-state index contributed by atoms with van der Waals surface area (Å²) in [5, 5.41) is 20.2. The number of carbonyl (C=O) groups excluding carboxylic acids is 1. The lowest BCUT2D eigenvalue weighted by Crippen LogP contribution is -2.46. The van der Waals surface area contributed by atoms with Crippen LogP contribution in [0.5, 0.6) is 0 Å². The molecule has 0 aliphatic heterocycles. The molecular formula is C13H16ClN3O5. The summed E-state index contributed by atoms with van der Waals surface area (Å²) in [5.41, 5.74) is 4.25. The van der Waals surface area contributed by atoms with Crippen LogP contribution in [0.1, 0.15) is 6.42 Å².